The third-order valence-corrected chi connectivity index (χ3v) is 8.62. The van der Waals surface area contributed by atoms with Crippen molar-refractivity contribution in [2.75, 3.05) is 24.2 Å². The Morgan fingerprint density at radius 1 is 1.05 bits per heavy atom. The van der Waals surface area contributed by atoms with Gasteiger partial charge >= 0.3 is 0 Å². The third-order valence-electron chi connectivity index (χ3n) is 6.77. The highest BCUT2D eigenvalue weighted by Gasteiger charge is 2.33. The Morgan fingerprint density at radius 2 is 1.66 bits per heavy atom. The van der Waals surface area contributed by atoms with E-state index in [0.29, 0.717) is 33.5 Å². The SMILES string of the molecule is CCC(C(=O)NC1CCCCC1)N(Cc1c(Cl)cccc1Cl)C(=O)CN(c1ccc(OC)cc1)S(C)(=O)=O. The van der Waals surface area contributed by atoms with Crippen molar-refractivity contribution < 1.29 is 22.7 Å². The maximum Gasteiger partial charge on any atom is 0.244 e. The first-order chi connectivity index (χ1) is 18.0. The van der Waals surface area contributed by atoms with Crippen LogP contribution in [-0.4, -0.2) is 57.1 Å². The number of amides is 2. The number of rotatable bonds is 11. The summed E-state index contributed by atoms with van der Waals surface area (Å²) in [4.78, 5) is 28.7. The van der Waals surface area contributed by atoms with Crippen LogP contribution in [0.4, 0.5) is 5.69 Å². The van der Waals surface area contributed by atoms with Gasteiger partial charge in [0.25, 0.3) is 0 Å². The van der Waals surface area contributed by atoms with Crippen molar-refractivity contribution in [3.63, 3.8) is 0 Å². The molecule has 2 aromatic carbocycles. The molecule has 208 valence electrons. The van der Waals surface area contributed by atoms with Crippen LogP contribution < -0.4 is 14.4 Å². The van der Waals surface area contributed by atoms with Gasteiger partial charge in [-0.1, -0.05) is 55.5 Å². The minimum atomic E-state index is -3.84. The van der Waals surface area contributed by atoms with Gasteiger partial charge in [0.15, 0.2) is 0 Å². The summed E-state index contributed by atoms with van der Waals surface area (Å²) in [6.45, 7) is 1.27. The van der Waals surface area contributed by atoms with Gasteiger partial charge in [0, 0.05) is 28.2 Å². The predicted octanol–water partition coefficient (Wildman–Crippen LogP) is 5.02. The van der Waals surface area contributed by atoms with Crippen molar-refractivity contribution >= 4 is 50.7 Å². The topological polar surface area (TPSA) is 96.0 Å². The van der Waals surface area contributed by atoms with Crippen molar-refractivity contribution in [2.24, 2.45) is 0 Å². The summed E-state index contributed by atoms with van der Waals surface area (Å²) in [6, 6.07) is 10.6. The molecule has 0 spiro atoms. The molecule has 1 fully saturated rings. The normalized spacial score (nSPS) is 15.0. The molecular formula is C27H35Cl2N3O5S. The highest BCUT2D eigenvalue weighted by Crippen LogP contribution is 2.28. The summed E-state index contributed by atoms with van der Waals surface area (Å²) in [5, 5.41) is 3.81. The van der Waals surface area contributed by atoms with E-state index in [1.165, 1.54) is 12.0 Å². The number of methoxy groups -OCH3 is 1. The largest absolute Gasteiger partial charge is 0.497 e. The number of carbonyl (C=O) groups is 2. The van der Waals surface area contributed by atoms with Gasteiger partial charge in [-0.2, -0.15) is 0 Å². The number of hydrogen-bond acceptors (Lipinski definition) is 5. The second-order valence-corrected chi connectivity index (χ2v) is 12.2. The van der Waals surface area contributed by atoms with Gasteiger partial charge in [-0.05, 0) is 55.7 Å². The summed E-state index contributed by atoms with van der Waals surface area (Å²) in [5.41, 5.74) is 0.792. The lowest BCUT2D eigenvalue weighted by atomic mass is 9.95. The van der Waals surface area contributed by atoms with Gasteiger partial charge in [0.2, 0.25) is 21.8 Å². The van der Waals surface area contributed by atoms with E-state index in [-0.39, 0.29) is 18.5 Å². The molecule has 0 saturated heterocycles. The van der Waals surface area contributed by atoms with Gasteiger partial charge in [-0.3, -0.25) is 13.9 Å². The average molecular weight is 585 g/mol. The van der Waals surface area contributed by atoms with E-state index in [1.807, 2.05) is 6.92 Å². The van der Waals surface area contributed by atoms with E-state index >= 15 is 0 Å². The Bertz CT molecular complexity index is 1200. The quantitative estimate of drug-likeness (QED) is 0.400. The molecule has 0 heterocycles. The first-order valence-corrected chi connectivity index (χ1v) is 15.3. The fourth-order valence-corrected chi connectivity index (χ4v) is 6.05. The lowest BCUT2D eigenvalue weighted by molar-refractivity contribution is -0.140. The fourth-order valence-electron chi connectivity index (χ4n) is 4.68. The van der Waals surface area contributed by atoms with Crippen molar-refractivity contribution in [3.05, 3.63) is 58.1 Å². The lowest BCUT2D eigenvalue weighted by Gasteiger charge is -2.34. The first-order valence-electron chi connectivity index (χ1n) is 12.7. The molecule has 1 aliphatic carbocycles. The minimum absolute atomic E-state index is 0.0475. The van der Waals surface area contributed by atoms with Crippen LogP contribution in [-0.2, 0) is 26.2 Å². The van der Waals surface area contributed by atoms with E-state index in [0.717, 1.165) is 42.7 Å². The molecular weight excluding hydrogens is 549 g/mol. The van der Waals surface area contributed by atoms with Crippen LogP contribution in [0.5, 0.6) is 5.75 Å². The van der Waals surface area contributed by atoms with Crippen LogP contribution in [0, 0.1) is 0 Å². The standard InChI is InChI=1S/C27H35Cl2N3O5S/c1-4-25(27(34)30-19-9-6-5-7-10-19)31(17-22-23(28)11-8-12-24(22)29)26(33)18-32(38(3,35)36)20-13-15-21(37-2)16-14-20/h8,11-16,19,25H,4-7,9-10,17-18H2,1-3H3,(H,30,34). The molecule has 2 aromatic rings. The highest BCUT2D eigenvalue weighted by molar-refractivity contribution is 7.92. The smallest absolute Gasteiger partial charge is 0.244 e. The zero-order chi connectivity index (χ0) is 27.9. The molecule has 8 nitrogen and oxygen atoms in total. The molecule has 2 amide bonds. The highest BCUT2D eigenvalue weighted by atomic mass is 35.5. The second-order valence-electron chi connectivity index (χ2n) is 9.46. The Labute approximate surface area is 235 Å². The average Bonchev–Trinajstić information content (AvgIpc) is 2.88. The van der Waals surface area contributed by atoms with E-state index in [1.54, 1.807) is 42.5 Å². The zero-order valence-corrected chi connectivity index (χ0v) is 24.3. The summed E-state index contributed by atoms with van der Waals surface area (Å²) < 4.78 is 31.7. The number of nitrogens with zero attached hydrogens (tertiary/aromatic N) is 2. The monoisotopic (exact) mass is 583 g/mol. The molecule has 3 rings (SSSR count). The molecule has 0 aliphatic heterocycles. The van der Waals surface area contributed by atoms with E-state index in [2.05, 4.69) is 5.32 Å². The van der Waals surface area contributed by atoms with Gasteiger partial charge in [0.05, 0.1) is 19.1 Å². The molecule has 1 saturated carbocycles. The number of halogens is 2. The van der Waals surface area contributed by atoms with Crippen molar-refractivity contribution in [1.82, 2.24) is 10.2 Å². The van der Waals surface area contributed by atoms with Gasteiger partial charge in [-0.15, -0.1) is 0 Å². The number of hydrogen-bond donors (Lipinski definition) is 1. The zero-order valence-electron chi connectivity index (χ0n) is 22.0. The Kier molecular flexibility index (Phi) is 10.7. The molecule has 0 radical (unpaired) electrons. The summed E-state index contributed by atoms with van der Waals surface area (Å²) in [7, 11) is -2.33. The van der Waals surface area contributed by atoms with Crippen molar-refractivity contribution in [1.29, 1.82) is 0 Å². The van der Waals surface area contributed by atoms with Gasteiger partial charge < -0.3 is 15.0 Å². The summed E-state index contributed by atoms with van der Waals surface area (Å²) in [6.07, 6.45) is 6.39. The summed E-state index contributed by atoms with van der Waals surface area (Å²) >= 11 is 12.8. The van der Waals surface area contributed by atoms with Gasteiger partial charge in [-0.25, -0.2) is 8.42 Å². The Balaban J connectivity index is 1.95. The number of anilines is 1. The molecule has 1 N–H and O–H groups in total. The lowest BCUT2D eigenvalue weighted by Crippen LogP contribution is -2.54. The molecule has 0 bridgehead atoms. The number of carbonyl (C=O) groups excluding carboxylic acids is 2. The molecule has 1 unspecified atom stereocenters. The number of ether oxygens (including phenoxy) is 1. The number of nitrogens with one attached hydrogen (secondary N) is 1. The summed E-state index contributed by atoms with van der Waals surface area (Å²) in [5.74, 6) is -0.270. The van der Waals surface area contributed by atoms with E-state index in [9.17, 15) is 18.0 Å². The van der Waals surface area contributed by atoms with E-state index < -0.39 is 28.5 Å². The maximum atomic E-state index is 13.8. The first kappa shape index (κ1) is 30.1. The van der Waals surface area contributed by atoms with E-state index in [4.69, 9.17) is 27.9 Å². The van der Waals surface area contributed by atoms with Crippen LogP contribution in [0.15, 0.2) is 42.5 Å². The van der Waals surface area contributed by atoms with Gasteiger partial charge in [0.1, 0.15) is 18.3 Å². The number of sulfonamides is 1. The third kappa shape index (κ3) is 7.77. The van der Waals surface area contributed by atoms with Crippen LogP contribution >= 0.6 is 23.2 Å². The molecule has 0 aromatic heterocycles. The van der Waals surface area contributed by atoms with Crippen LogP contribution in [0.25, 0.3) is 0 Å². The predicted molar refractivity (Wildman–Crippen MR) is 151 cm³/mol. The van der Waals surface area contributed by atoms with Crippen LogP contribution in [0.1, 0.15) is 51.0 Å². The number of benzene rings is 2. The fraction of sp³-hybridized carbons (Fsp3) is 0.481. The van der Waals surface area contributed by atoms with Crippen molar-refractivity contribution in [2.45, 2.75) is 64.1 Å². The Hall–Kier alpha value is -2.49. The maximum absolute atomic E-state index is 13.8. The van der Waals surface area contributed by atoms with Crippen LogP contribution in [0.2, 0.25) is 10.0 Å². The minimum Gasteiger partial charge on any atom is -0.497 e. The molecule has 1 atom stereocenters. The molecule has 11 heteroatoms. The van der Waals surface area contributed by atoms with Crippen molar-refractivity contribution in [3.8, 4) is 5.75 Å². The second kappa shape index (κ2) is 13.5. The van der Waals surface area contributed by atoms with Crippen LogP contribution in [0.3, 0.4) is 0 Å². The molecule has 1 aliphatic rings. The molecule has 38 heavy (non-hydrogen) atoms. The Morgan fingerprint density at radius 3 is 2.18 bits per heavy atom.